The maximum absolute atomic E-state index is 12.5. The van der Waals surface area contributed by atoms with Crippen molar-refractivity contribution < 1.29 is 38.9 Å². The van der Waals surface area contributed by atoms with E-state index in [2.05, 4.69) is 0 Å². The van der Waals surface area contributed by atoms with E-state index in [0.717, 1.165) is 0 Å². The second-order valence-corrected chi connectivity index (χ2v) is 7.38. The number of ether oxygens (including phenoxy) is 2. The Kier molecular flexibility index (Phi) is 8.12. The molecule has 8 nitrogen and oxygen atoms in total. The van der Waals surface area contributed by atoms with Crippen LogP contribution in [0.1, 0.15) is 82.0 Å². The summed E-state index contributed by atoms with van der Waals surface area (Å²) in [5.41, 5.74) is 0.0520. The van der Waals surface area contributed by atoms with E-state index in [4.69, 9.17) is 9.47 Å². The highest BCUT2D eigenvalue weighted by Gasteiger charge is 2.23. The zero-order chi connectivity index (χ0) is 24.0. The monoisotopic (exact) mass is 442 g/mol. The van der Waals surface area contributed by atoms with Gasteiger partial charge in [0.25, 0.3) is 0 Å². The first-order valence-electron chi connectivity index (χ1n) is 10.3. The normalized spacial score (nSPS) is 12.5. The van der Waals surface area contributed by atoms with Crippen molar-refractivity contribution in [1.82, 2.24) is 0 Å². The number of carboxylic acid groups (broad SMARTS) is 2. The van der Waals surface area contributed by atoms with Crippen LogP contribution in [-0.2, 0) is 9.47 Å². The topological polar surface area (TPSA) is 127 Å². The van der Waals surface area contributed by atoms with Gasteiger partial charge in [-0.25, -0.2) is 19.2 Å². The molecule has 0 heterocycles. The van der Waals surface area contributed by atoms with Gasteiger partial charge >= 0.3 is 23.9 Å². The number of hydrogen-bond donors (Lipinski definition) is 2. The van der Waals surface area contributed by atoms with Crippen molar-refractivity contribution >= 4 is 23.9 Å². The lowest BCUT2D eigenvalue weighted by atomic mass is 9.95. The van der Waals surface area contributed by atoms with Crippen LogP contribution in [0.25, 0.3) is 11.1 Å². The third kappa shape index (κ3) is 5.72. The standard InChI is InChI=1S/C24H26O8/c1-5-13(3)31-23(29)18-10-8-15(11-19(18)22(27)28)16-7-9-17(21(25)26)20(12-16)24(30)32-14(4)6-2/h7-14H,5-6H2,1-4H3,(H,25,26)(H,27,28). The molecule has 2 N–H and O–H groups in total. The second kappa shape index (κ2) is 10.6. The van der Waals surface area contributed by atoms with Crippen LogP contribution in [0.3, 0.4) is 0 Å². The molecule has 170 valence electrons. The third-order valence-corrected chi connectivity index (χ3v) is 5.04. The Morgan fingerprint density at radius 3 is 1.53 bits per heavy atom. The van der Waals surface area contributed by atoms with E-state index >= 15 is 0 Å². The molecule has 0 amide bonds. The first-order valence-corrected chi connectivity index (χ1v) is 10.3. The SMILES string of the molecule is CCC(C)OC(=O)c1ccc(-c2ccc(C(=O)O)c(C(=O)OC(C)CC)c2)cc1C(=O)O. The number of esters is 2. The van der Waals surface area contributed by atoms with Crippen LogP contribution in [0, 0.1) is 0 Å². The maximum atomic E-state index is 12.5. The first-order chi connectivity index (χ1) is 15.1. The van der Waals surface area contributed by atoms with Crippen LogP contribution in [0.15, 0.2) is 36.4 Å². The average Bonchev–Trinajstić information content (AvgIpc) is 2.77. The van der Waals surface area contributed by atoms with Gasteiger partial charge in [0.05, 0.1) is 34.5 Å². The minimum Gasteiger partial charge on any atom is -0.478 e. The van der Waals surface area contributed by atoms with Gasteiger partial charge in [-0.3, -0.25) is 0 Å². The van der Waals surface area contributed by atoms with Gasteiger partial charge in [0.15, 0.2) is 0 Å². The van der Waals surface area contributed by atoms with Gasteiger partial charge in [0, 0.05) is 0 Å². The molecule has 0 aliphatic heterocycles. The number of aromatic carboxylic acids is 2. The molecule has 0 saturated carbocycles. The number of carboxylic acids is 2. The van der Waals surface area contributed by atoms with Crippen LogP contribution < -0.4 is 0 Å². The van der Waals surface area contributed by atoms with Crippen LogP contribution in [0.2, 0.25) is 0 Å². The maximum Gasteiger partial charge on any atom is 0.339 e. The van der Waals surface area contributed by atoms with Crippen LogP contribution in [0.5, 0.6) is 0 Å². The number of carbonyl (C=O) groups is 4. The van der Waals surface area contributed by atoms with E-state index in [1.807, 2.05) is 13.8 Å². The average molecular weight is 442 g/mol. The minimum atomic E-state index is -1.32. The predicted molar refractivity (Wildman–Crippen MR) is 116 cm³/mol. The molecule has 32 heavy (non-hydrogen) atoms. The molecule has 8 heteroatoms. The van der Waals surface area contributed by atoms with E-state index in [1.54, 1.807) is 13.8 Å². The minimum absolute atomic E-state index is 0.0971. The fourth-order valence-electron chi connectivity index (χ4n) is 2.82. The van der Waals surface area contributed by atoms with Gasteiger partial charge in [-0.2, -0.15) is 0 Å². The largest absolute Gasteiger partial charge is 0.478 e. The van der Waals surface area contributed by atoms with E-state index < -0.39 is 30.0 Å². The highest BCUT2D eigenvalue weighted by Crippen LogP contribution is 2.27. The van der Waals surface area contributed by atoms with Crippen molar-refractivity contribution in [3.8, 4) is 11.1 Å². The summed E-state index contributed by atoms with van der Waals surface area (Å²) in [7, 11) is 0. The van der Waals surface area contributed by atoms with Gasteiger partial charge in [-0.05, 0) is 62.1 Å². The molecule has 0 saturated heterocycles. The molecule has 0 fully saturated rings. The lowest BCUT2D eigenvalue weighted by Gasteiger charge is -2.15. The van der Waals surface area contributed by atoms with Crippen molar-refractivity contribution in [2.75, 3.05) is 0 Å². The molecular formula is C24H26O8. The third-order valence-electron chi connectivity index (χ3n) is 5.04. The summed E-state index contributed by atoms with van der Waals surface area (Å²) in [4.78, 5) is 48.2. The summed E-state index contributed by atoms with van der Waals surface area (Å²) < 4.78 is 10.5. The van der Waals surface area contributed by atoms with E-state index in [1.165, 1.54) is 36.4 Å². The number of hydrogen-bond acceptors (Lipinski definition) is 6. The Morgan fingerprint density at radius 1 is 0.688 bits per heavy atom. The summed E-state index contributed by atoms with van der Waals surface area (Å²) in [5.74, 6) is -4.14. The molecule has 0 spiro atoms. The Bertz CT molecular complexity index is 1040. The quantitative estimate of drug-likeness (QED) is 0.537. The summed E-state index contributed by atoms with van der Waals surface area (Å²) >= 11 is 0. The highest BCUT2D eigenvalue weighted by molar-refractivity contribution is 6.05. The van der Waals surface area contributed by atoms with Gasteiger partial charge < -0.3 is 19.7 Å². The van der Waals surface area contributed by atoms with Crippen molar-refractivity contribution in [3.05, 3.63) is 58.7 Å². The van der Waals surface area contributed by atoms with E-state index in [0.29, 0.717) is 24.0 Å². The number of benzene rings is 2. The number of carbonyl (C=O) groups excluding carboxylic acids is 2. The fraction of sp³-hybridized carbons (Fsp3) is 0.333. The van der Waals surface area contributed by atoms with Crippen LogP contribution >= 0.6 is 0 Å². The molecule has 0 aliphatic carbocycles. The van der Waals surface area contributed by atoms with Crippen molar-refractivity contribution in [1.29, 1.82) is 0 Å². The molecule has 2 aromatic rings. The second-order valence-electron chi connectivity index (χ2n) is 7.38. The molecule has 0 radical (unpaired) electrons. The van der Waals surface area contributed by atoms with Gasteiger partial charge in [-0.1, -0.05) is 26.0 Å². The van der Waals surface area contributed by atoms with Crippen molar-refractivity contribution in [2.24, 2.45) is 0 Å². The van der Waals surface area contributed by atoms with E-state index in [9.17, 15) is 29.4 Å². The molecule has 2 unspecified atom stereocenters. The molecule has 0 aromatic heterocycles. The summed E-state index contributed by atoms with van der Waals surface area (Å²) in [6, 6.07) is 8.20. The first kappa shape index (κ1) is 24.6. The lowest BCUT2D eigenvalue weighted by Crippen LogP contribution is -2.17. The van der Waals surface area contributed by atoms with Crippen molar-refractivity contribution in [3.63, 3.8) is 0 Å². The Labute approximate surface area is 185 Å². The Hall–Kier alpha value is -3.68. The summed E-state index contributed by atoms with van der Waals surface area (Å²) in [6.07, 6.45) is 0.371. The van der Waals surface area contributed by atoms with Gasteiger partial charge in [0.2, 0.25) is 0 Å². The molecule has 2 rings (SSSR count). The zero-order valence-electron chi connectivity index (χ0n) is 18.4. The summed E-state index contributed by atoms with van der Waals surface area (Å²) in [5, 5.41) is 19.0. The fourth-order valence-corrected chi connectivity index (χ4v) is 2.82. The van der Waals surface area contributed by atoms with Crippen molar-refractivity contribution in [2.45, 2.75) is 52.7 Å². The number of rotatable bonds is 9. The predicted octanol–water partition coefficient (Wildman–Crippen LogP) is 4.66. The summed E-state index contributed by atoms with van der Waals surface area (Å²) in [6.45, 7) is 7.06. The van der Waals surface area contributed by atoms with Crippen LogP contribution in [-0.4, -0.2) is 46.3 Å². The van der Waals surface area contributed by atoms with E-state index in [-0.39, 0.29) is 28.4 Å². The molecule has 0 aliphatic rings. The van der Waals surface area contributed by atoms with Crippen LogP contribution in [0.4, 0.5) is 0 Å². The molecular weight excluding hydrogens is 416 g/mol. The molecule has 2 atom stereocenters. The lowest BCUT2D eigenvalue weighted by molar-refractivity contribution is 0.0321. The van der Waals surface area contributed by atoms with Gasteiger partial charge in [-0.15, -0.1) is 0 Å². The highest BCUT2D eigenvalue weighted by atomic mass is 16.5. The zero-order valence-corrected chi connectivity index (χ0v) is 18.4. The Morgan fingerprint density at radius 2 is 1.09 bits per heavy atom. The smallest absolute Gasteiger partial charge is 0.339 e. The Balaban J connectivity index is 2.53. The molecule has 2 aromatic carbocycles. The molecule has 0 bridgehead atoms. The van der Waals surface area contributed by atoms with Gasteiger partial charge in [0.1, 0.15) is 0 Å².